The molecule has 1 rings (SSSR count). The first-order valence-corrected chi connectivity index (χ1v) is 3.58. The van der Waals surface area contributed by atoms with Gasteiger partial charge in [-0.1, -0.05) is 13.5 Å². The summed E-state index contributed by atoms with van der Waals surface area (Å²) in [6.45, 7) is 11.5. The highest BCUT2D eigenvalue weighted by atomic mass is 16.5. The predicted octanol–water partition coefficient (Wildman–Crippen LogP) is 0.959. The van der Waals surface area contributed by atoms with Crippen LogP contribution in [-0.2, 0) is 4.74 Å². The van der Waals surface area contributed by atoms with E-state index in [2.05, 4.69) is 18.8 Å². The minimum absolute atomic E-state index is 0.0486. The van der Waals surface area contributed by atoms with Crippen LogP contribution in [0, 0.1) is 12.8 Å². The fourth-order valence-corrected chi connectivity index (χ4v) is 0.922. The van der Waals surface area contributed by atoms with Crippen LogP contribution in [0.2, 0.25) is 0 Å². The largest absolute Gasteiger partial charge is 0.358 e. The zero-order chi connectivity index (χ0) is 7.56. The van der Waals surface area contributed by atoms with Crippen molar-refractivity contribution < 1.29 is 4.74 Å². The van der Waals surface area contributed by atoms with E-state index in [1.54, 1.807) is 0 Å². The van der Waals surface area contributed by atoms with Gasteiger partial charge in [-0.15, -0.1) is 0 Å². The lowest BCUT2D eigenvalue weighted by atomic mass is 10.0. The van der Waals surface area contributed by atoms with E-state index in [0.29, 0.717) is 0 Å². The van der Waals surface area contributed by atoms with Crippen LogP contribution in [0.3, 0.4) is 0 Å². The van der Waals surface area contributed by atoms with Crippen LogP contribution >= 0.6 is 0 Å². The molecule has 1 aliphatic heterocycles. The van der Waals surface area contributed by atoms with Gasteiger partial charge >= 0.3 is 0 Å². The lowest BCUT2D eigenvalue weighted by molar-refractivity contribution is 0.124. The van der Waals surface area contributed by atoms with Gasteiger partial charge in [0.2, 0.25) is 0 Å². The van der Waals surface area contributed by atoms with Crippen LogP contribution in [0.15, 0.2) is 12.2 Å². The summed E-state index contributed by atoms with van der Waals surface area (Å²) in [6.07, 6.45) is 0.0486. The molecular weight excluding hydrogens is 126 g/mol. The van der Waals surface area contributed by atoms with Crippen LogP contribution < -0.4 is 5.32 Å². The molecule has 0 saturated carbocycles. The summed E-state index contributed by atoms with van der Waals surface area (Å²) in [4.78, 5) is 0. The Morgan fingerprint density at radius 2 is 2.50 bits per heavy atom. The summed E-state index contributed by atoms with van der Waals surface area (Å²) >= 11 is 0. The van der Waals surface area contributed by atoms with Gasteiger partial charge in [0, 0.05) is 6.54 Å². The highest BCUT2D eigenvalue weighted by Crippen LogP contribution is 2.14. The molecule has 2 atom stereocenters. The van der Waals surface area contributed by atoms with Crippen LogP contribution in [-0.4, -0.2) is 19.4 Å². The van der Waals surface area contributed by atoms with Crippen LogP contribution in [0.5, 0.6) is 0 Å². The molecule has 0 aliphatic carbocycles. The molecule has 2 unspecified atom stereocenters. The molecule has 2 nitrogen and oxygen atoms in total. The smallest absolute Gasteiger partial charge is 0.130 e. The van der Waals surface area contributed by atoms with Gasteiger partial charge in [0.1, 0.15) is 6.23 Å². The topological polar surface area (TPSA) is 21.3 Å². The molecule has 0 aromatic heterocycles. The summed E-state index contributed by atoms with van der Waals surface area (Å²) in [6, 6.07) is 0. The van der Waals surface area contributed by atoms with E-state index in [9.17, 15) is 0 Å². The Bertz CT molecular complexity index is 125. The van der Waals surface area contributed by atoms with E-state index >= 15 is 0 Å². The van der Waals surface area contributed by atoms with E-state index in [4.69, 9.17) is 4.74 Å². The van der Waals surface area contributed by atoms with Crippen LogP contribution in [0.25, 0.3) is 0 Å². The van der Waals surface area contributed by atoms with Gasteiger partial charge < -0.3 is 4.74 Å². The predicted molar refractivity (Wildman–Crippen MR) is 41.4 cm³/mol. The minimum atomic E-state index is 0.0486. The molecule has 0 spiro atoms. The minimum Gasteiger partial charge on any atom is -0.358 e. The Labute approximate surface area is 62.3 Å². The molecular formula is C8H14NO. The summed E-state index contributed by atoms with van der Waals surface area (Å²) in [5.74, 6) is 0.260. The summed E-state index contributed by atoms with van der Waals surface area (Å²) < 4.78 is 5.33. The normalized spacial score (nSPS) is 25.7. The van der Waals surface area contributed by atoms with Gasteiger partial charge in [0.05, 0.1) is 6.61 Å². The monoisotopic (exact) mass is 140 g/mol. The quantitative estimate of drug-likeness (QED) is 0.577. The van der Waals surface area contributed by atoms with Crippen LogP contribution in [0.1, 0.15) is 6.92 Å². The molecule has 10 heavy (non-hydrogen) atoms. The maximum Gasteiger partial charge on any atom is 0.130 e. The summed E-state index contributed by atoms with van der Waals surface area (Å²) in [5, 5.41) is 3.18. The first kappa shape index (κ1) is 7.76. The Balaban J connectivity index is 2.40. The first-order chi connectivity index (χ1) is 4.72. The lowest BCUT2D eigenvalue weighted by Crippen LogP contribution is -2.26. The van der Waals surface area contributed by atoms with Crippen molar-refractivity contribution in [2.75, 3.05) is 13.2 Å². The number of rotatable bonds is 2. The second kappa shape index (κ2) is 3.17. The fraction of sp³-hybridized carbons (Fsp3) is 0.625. The van der Waals surface area contributed by atoms with Crippen molar-refractivity contribution in [1.82, 2.24) is 5.32 Å². The third-order valence-corrected chi connectivity index (χ3v) is 1.69. The SMILES string of the molecule is [CH2]C(C)C(=C)C1NCCO1. The first-order valence-electron chi connectivity index (χ1n) is 3.58. The molecule has 0 bridgehead atoms. The molecule has 1 aliphatic rings. The second-order valence-electron chi connectivity index (χ2n) is 2.68. The van der Waals surface area contributed by atoms with Gasteiger partial charge in [0.25, 0.3) is 0 Å². The number of hydrogen-bond donors (Lipinski definition) is 1. The van der Waals surface area contributed by atoms with Crippen molar-refractivity contribution in [2.45, 2.75) is 13.2 Å². The molecule has 57 valence electrons. The lowest BCUT2D eigenvalue weighted by Gasteiger charge is -2.15. The molecule has 0 aromatic rings. The van der Waals surface area contributed by atoms with Gasteiger partial charge in [-0.3, -0.25) is 5.32 Å². The van der Waals surface area contributed by atoms with Gasteiger partial charge in [-0.05, 0) is 18.4 Å². The molecule has 0 amide bonds. The Hall–Kier alpha value is -0.340. The number of ether oxygens (including phenoxy) is 1. The average molecular weight is 140 g/mol. The Morgan fingerprint density at radius 1 is 1.80 bits per heavy atom. The van der Waals surface area contributed by atoms with E-state index in [-0.39, 0.29) is 12.1 Å². The standard InChI is InChI=1S/C8H14NO/c1-6(2)7(3)8-9-4-5-10-8/h6,8-9H,1,3-5H2,2H3. The zero-order valence-electron chi connectivity index (χ0n) is 6.39. The number of nitrogens with one attached hydrogen (secondary N) is 1. The summed E-state index contributed by atoms with van der Waals surface area (Å²) in [7, 11) is 0. The molecule has 0 aromatic carbocycles. The molecule has 1 fully saturated rings. The molecule has 2 heteroatoms. The maximum absolute atomic E-state index is 5.33. The van der Waals surface area contributed by atoms with Crippen LogP contribution in [0.4, 0.5) is 0 Å². The highest BCUT2D eigenvalue weighted by molar-refractivity contribution is 5.07. The van der Waals surface area contributed by atoms with Gasteiger partial charge in [-0.2, -0.15) is 0 Å². The van der Waals surface area contributed by atoms with E-state index < -0.39 is 0 Å². The zero-order valence-corrected chi connectivity index (χ0v) is 6.39. The van der Waals surface area contributed by atoms with Crippen molar-refractivity contribution in [3.8, 4) is 0 Å². The molecule has 1 heterocycles. The van der Waals surface area contributed by atoms with Crippen molar-refractivity contribution in [3.63, 3.8) is 0 Å². The highest BCUT2D eigenvalue weighted by Gasteiger charge is 2.18. The van der Waals surface area contributed by atoms with E-state index in [1.807, 2.05) is 6.92 Å². The Morgan fingerprint density at radius 3 is 2.90 bits per heavy atom. The second-order valence-corrected chi connectivity index (χ2v) is 2.68. The summed E-state index contributed by atoms with van der Waals surface area (Å²) in [5.41, 5.74) is 1.04. The van der Waals surface area contributed by atoms with Gasteiger partial charge in [-0.25, -0.2) is 0 Å². The van der Waals surface area contributed by atoms with Crippen molar-refractivity contribution in [3.05, 3.63) is 19.1 Å². The van der Waals surface area contributed by atoms with Gasteiger partial charge in [0.15, 0.2) is 0 Å². The molecule has 1 radical (unpaired) electrons. The van der Waals surface area contributed by atoms with Crippen molar-refractivity contribution in [2.24, 2.45) is 5.92 Å². The van der Waals surface area contributed by atoms with Crippen molar-refractivity contribution >= 4 is 0 Å². The average Bonchev–Trinajstić information content (AvgIpc) is 2.36. The fourth-order valence-electron chi connectivity index (χ4n) is 0.922. The number of hydrogen-bond acceptors (Lipinski definition) is 2. The third-order valence-electron chi connectivity index (χ3n) is 1.69. The molecule has 1 saturated heterocycles. The van der Waals surface area contributed by atoms with E-state index in [0.717, 1.165) is 18.7 Å². The molecule has 1 N–H and O–H groups in total. The third kappa shape index (κ3) is 1.58. The van der Waals surface area contributed by atoms with E-state index in [1.165, 1.54) is 0 Å². The maximum atomic E-state index is 5.33. The Kier molecular flexibility index (Phi) is 2.46. The van der Waals surface area contributed by atoms with Crippen molar-refractivity contribution in [1.29, 1.82) is 0 Å².